The molecule has 30 heavy (non-hydrogen) atoms. The highest BCUT2D eigenvalue weighted by atomic mass is 35.5. The van der Waals surface area contributed by atoms with Gasteiger partial charge in [-0.15, -0.1) is 0 Å². The van der Waals surface area contributed by atoms with E-state index in [1.807, 2.05) is 5.32 Å². The van der Waals surface area contributed by atoms with Gasteiger partial charge < -0.3 is 10.3 Å². The number of halogens is 4. The quantitative estimate of drug-likeness (QED) is 0.493. The lowest BCUT2D eigenvalue weighted by Crippen LogP contribution is -2.33. The zero-order valence-electron chi connectivity index (χ0n) is 15.2. The van der Waals surface area contributed by atoms with Crippen molar-refractivity contribution >= 4 is 28.5 Å². The molecule has 0 aliphatic rings. The highest BCUT2D eigenvalue weighted by Gasteiger charge is 2.27. The highest BCUT2D eigenvalue weighted by Crippen LogP contribution is 2.29. The zero-order chi connectivity index (χ0) is 21.3. The fourth-order valence-corrected chi connectivity index (χ4v) is 3.06. The number of amides is 1. The molecule has 2 N–H and O–H groups in total. The summed E-state index contributed by atoms with van der Waals surface area (Å²) in [6.07, 6.45) is 2.00. The normalized spacial score (nSPS) is 11.6. The van der Waals surface area contributed by atoms with Gasteiger partial charge >= 0.3 is 6.18 Å². The molecule has 0 bridgehead atoms. The van der Waals surface area contributed by atoms with Gasteiger partial charge in [0.2, 0.25) is 0 Å². The summed E-state index contributed by atoms with van der Waals surface area (Å²) >= 11 is 6.04. The Morgan fingerprint density at radius 2 is 1.83 bits per heavy atom. The first-order chi connectivity index (χ1) is 14.3. The minimum Gasteiger partial charge on any atom is -0.345 e. The van der Waals surface area contributed by atoms with E-state index in [1.54, 1.807) is 43.0 Å². The molecule has 0 fully saturated rings. The monoisotopic (exact) mass is 431 g/mol. The third kappa shape index (κ3) is 4.25. The van der Waals surface area contributed by atoms with Crippen LogP contribution in [0.3, 0.4) is 0 Å². The molecule has 1 amide bonds. The van der Waals surface area contributed by atoms with Crippen LogP contribution >= 0.6 is 11.6 Å². The largest absolute Gasteiger partial charge is 0.405 e. The first-order valence-corrected chi connectivity index (χ1v) is 9.08. The van der Waals surface area contributed by atoms with Crippen LogP contribution in [0.1, 0.15) is 10.4 Å². The van der Waals surface area contributed by atoms with E-state index >= 15 is 0 Å². The van der Waals surface area contributed by atoms with Gasteiger partial charge in [-0.1, -0.05) is 23.7 Å². The molecule has 0 radical (unpaired) electrons. The number of aromatic amines is 1. The fourth-order valence-electron chi connectivity index (χ4n) is 2.90. The predicted octanol–water partition coefficient (Wildman–Crippen LogP) is 4.63. The highest BCUT2D eigenvalue weighted by molar-refractivity contribution is 6.31. The van der Waals surface area contributed by atoms with Crippen molar-refractivity contribution in [1.82, 2.24) is 25.3 Å². The maximum absolute atomic E-state index is 12.2. The van der Waals surface area contributed by atoms with E-state index in [2.05, 4.69) is 19.9 Å². The predicted molar refractivity (Wildman–Crippen MR) is 106 cm³/mol. The number of hydrogen-bond donors (Lipinski definition) is 2. The molecular weight excluding hydrogens is 419 g/mol. The molecule has 0 spiro atoms. The van der Waals surface area contributed by atoms with Crippen LogP contribution in [0.2, 0.25) is 5.02 Å². The smallest absolute Gasteiger partial charge is 0.345 e. The Kier molecular flexibility index (Phi) is 5.13. The SMILES string of the molecule is O=C(NCC(F)(F)F)c1ccc(-c2cncc(-c3c[nH]c4ncc(Cl)cc34)n2)cc1. The molecule has 1 aromatic carbocycles. The lowest BCUT2D eigenvalue weighted by atomic mass is 10.1. The summed E-state index contributed by atoms with van der Waals surface area (Å²) in [5, 5.41) is 3.12. The van der Waals surface area contributed by atoms with Crippen LogP contribution in [0.5, 0.6) is 0 Å². The third-order valence-corrected chi connectivity index (χ3v) is 4.51. The minimum absolute atomic E-state index is 0.115. The van der Waals surface area contributed by atoms with E-state index in [4.69, 9.17) is 11.6 Å². The molecule has 3 aromatic heterocycles. The minimum atomic E-state index is -4.46. The van der Waals surface area contributed by atoms with Gasteiger partial charge in [-0.05, 0) is 18.2 Å². The summed E-state index contributed by atoms with van der Waals surface area (Å²) < 4.78 is 36.7. The number of nitrogens with one attached hydrogen (secondary N) is 2. The Hall–Kier alpha value is -3.46. The molecule has 0 saturated carbocycles. The lowest BCUT2D eigenvalue weighted by molar-refractivity contribution is -0.123. The maximum Gasteiger partial charge on any atom is 0.405 e. The van der Waals surface area contributed by atoms with Gasteiger partial charge in [0.15, 0.2) is 0 Å². The maximum atomic E-state index is 12.2. The number of fused-ring (bicyclic) bond motifs is 1. The van der Waals surface area contributed by atoms with Crippen LogP contribution in [0, 0.1) is 0 Å². The Bertz CT molecular complexity index is 1220. The number of pyridine rings is 1. The molecule has 4 aromatic rings. The first kappa shape index (κ1) is 19.8. The lowest BCUT2D eigenvalue weighted by Gasteiger charge is -2.09. The van der Waals surface area contributed by atoms with Crippen molar-refractivity contribution < 1.29 is 18.0 Å². The number of nitrogens with zero attached hydrogens (tertiary/aromatic N) is 3. The third-order valence-electron chi connectivity index (χ3n) is 4.30. The van der Waals surface area contributed by atoms with Crippen molar-refractivity contribution in [3.05, 3.63) is 65.7 Å². The molecule has 0 unspecified atom stereocenters. The van der Waals surface area contributed by atoms with Gasteiger partial charge in [0.05, 0.1) is 28.8 Å². The Labute approximate surface area is 173 Å². The van der Waals surface area contributed by atoms with Crippen molar-refractivity contribution in [2.45, 2.75) is 6.18 Å². The van der Waals surface area contributed by atoms with E-state index < -0.39 is 18.6 Å². The van der Waals surface area contributed by atoms with Crippen LogP contribution in [0.4, 0.5) is 13.2 Å². The Balaban J connectivity index is 1.59. The number of hydrogen-bond acceptors (Lipinski definition) is 4. The number of aromatic nitrogens is 4. The van der Waals surface area contributed by atoms with E-state index in [-0.39, 0.29) is 5.56 Å². The van der Waals surface area contributed by atoms with Crippen molar-refractivity contribution in [1.29, 1.82) is 0 Å². The van der Waals surface area contributed by atoms with Gasteiger partial charge in [-0.2, -0.15) is 13.2 Å². The molecule has 0 atom stereocenters. The number of carbonyl (C=O) groups excluding carboxylic acids is 1. The summed E-state index contributed by atoms with van der Waals surface area (Å²) in [5.41, 5.74) is 3.35. The topological polar surface area (TPSA) is 83.6 Å². The molecule has 10 heteroatoms. The van der Waals surface area contributed by atoms with Gasteiger partial charge in [0, 0.05) is 34.5 Å². The van der Waals surface area contributed by atoms with Gasteiger partial charge in [-0.25, -0.2) is 9.97 Å². The second kappa shape index (κ2) is 7.75. The molecule has 152 valence electrons. The summed E-state index contributed by atoms with van der Waals surface area (Å²) in [6.45, 7) is -1.38. The molecule has 0 aliphatic heterocycles. The standard InChI is InChI=1S/C20H13ClF3N5O/c21-13-5-14-15(7-27-18(14)26-6-13)17-9-25-8-16(29-17)11-1-3-12(4-2-11)19(30)28-10-20(22,23)24/h1-9H,10H2,(H,26,27)(H,28,30). The van der Waals surface area contributed by atoms with Crippen molar-refractivity contribution in [2.24, 2.45) is 0 Å². The molecule has 6 nitrogen and oxygen atoms in total. The van der Waals surface area contributed by atoms with Gasteiger partial charge in [0.1, 0.15) is 12.2 Å². The van der Waals surface area contributed by atoms with Crippen LogP contribution in [-0.4, -0.2) is 38.6 Å². The van der Waals surface area contributed by atoms with E-state index in [0.717, 1.165) is 10.9 Å². The van der Waals surface area contributed by atoms with Gasteiger partial charge in [0.25, 0.3) is 5.91 Å². The Morgan fingerprint density at radius 3 is 2.57 bits per heavy atom. The second-order valence-electron chi connectivity index (χ2n) is 6.42. The first-order valence-electron chi connectivity index (χ1n) is 8.70. The summed E-state index contributed by atoms with van der Waals surface area (Å²) in [6, 6.07) is 7.85. The van der Waals surface area contributed by atoms with Crippen molar-refractivity contribution in [2.75, 3.05) is 6.54 Å². The number of alkyl halides is 3. The average Bonchev–Trinajstić information content (AvgIpc) is 3.15. The summed E-state index contributed by atoms with van der Waals surface area (Å²) in [5.74, 6) is -0.804. The van der Waals surface area contributed by atoms with Crippen LogP contribution < -0.4 is 5.32 Å². The molecule has 4 rings (SSSR count). The average molecular weight is 432 g/mol. The number of benzene rings is 1. The fraction of sp³-hybridized carbons (Fsp3) is 0.100. The summed E-state index contributed by atoms with van der Waals surface area (Å²) in [7, 11) is 0. The van der Waals surface area contributed by atoms with E-state index in [1.165, 1.54) is 12.1 Å². The number of H-pyrrole nitrogens is 1. The van der Waals surface area contributed by atoms with Crippen molar-refractivity contribution in [3.63, 3.8) is 0 Å². The van der Waals surface area contributed by atoms with E-state index in [0.29, 0.717) is 27.6 Å². The van der Waals surface area contributed by atoms with Crippen LogP contribution in [-0.2, 0) is 0 Å². The zero-order valence-corrected chi connectivity index (χ0v) is 15.9. The molecule has 3 heterocycles. The molecule has 0 saturated heterocycles. The molecular formula is C20H13ClF3N5O. The van der Waals surface area contributed by atoms with Crippen LogP contribution in [0.25, 0.3) is 33.5 Å². The molecule has 0 aliphatic carbocycles. The Morgan fingerprint density at radius 1 is 1.10 bits per heavy atom. The number of carbonyl (C=O) groups is 1. The van der Waals surface area contributed by atoms with Crippen molar-refractivity contribution in [3.8, 4) is 22.5 Å². The van der Waals surface area contributed by atoms with E-state index in [9.17, 15) is 18.0 Å². The summed E-state index contributed by atoms with van der Waals surface area (Å²) in [4.78, 5) is 27.9. The van der Waals surface area contributed by atoms with Crippen LogP contribution in [0.15, 0.2) is 55.1 Å². The second-order valence-corrected chi connectivity index (χ2v) is 6.85. The van der Waals surface area contributed by atoms with Gasteiger partial charge in [-0.3, -0.25) is 9.78 Å². The number of rotatable bonds is 4.